The third kappa shape index (κ3) is 5.07. The molecule has 0 spiro atoms. The summed E-state index contributed by atoms with van der Waals surface area (Å²) in [5, 5.41) is 2.17. The summed E-state index contributed by atoms with van der Waals surface area (Å²) in [6, 6.07) is 0. The van der Waals surface area contributed by atoms with E-state index in [4.69, 9.17) is 0 Å². The van der Waals surface area contributed by atoms with Crippen LogP contribution < -0.4 is 32.2 Å². The van der Waals surface area contributed by atoms with Crippen LogP contribution in [0.15, 0.2) is 0 Å². The van der Waals surface area contributed by atoms with Crippen molar-refractivity contribution in [1.82, 2.24) is 16.0 Å². The molecule has 0 bridgehead atoms. The van der Waals surface area contributed by atoms with Gasteiger partial charge < -0.3 is 0 Å². The zero-order valence-corrected chi connectivity index (χ0v) is 8.40. The van der Waals surface area contributed by atoms with E-state index in [1.54, 1.807) is 0 Å². The quantitative estimate of drug-likeness (QED) is 0.229. The third-order valence-electron chi connectivity index (χ3n) is 0.915. The standard InChI is InChI=1S/C5H15IN3/c1-4-9(5-6-2)8-7-3/h7-8H,4-5H2,1-3H3/q-1. The Bertz CT molecular complexity index is 54.2. The summed E-state index contributed by atoms with van der Waals surface area (Å²) < 4.78 is 1.20. The Balaban J connectivity index is 3.18. The minimum absolute atomic E-state index is 0.372. The van der Waals surface area contributed by atoms with E-state index in [0.717, 1.165) is 6.54 Å². The molecule has 3 nitrogen and oxygen atoms in total. The van der Waals surface area contributed by atoms with Crippen LogP contribution in [0.4, 0.5) is 0 Å². The predicted molar refractivity (Wildman–Crippen MR) is 35.4 cm³/mol. The number of rotatable bonds is 5. The molecular formula is C5H15IN3-. The van der Waals surface area contributed by atoms with Crippen molar-refractivity contribution in [2.45, 2.75) is 6.92 Å². The molecule has 0 saturated carbocycles. The summed E-state index contributed by atoms with van der Waals surface area (Å²) in [6.45, 7) is 3.21. The first-order valence-corrected chi connectivity index (χ1v) is 6.64. The van der Waals surface area contributed by atoms with Gasteiger partial charge in [0, 0.05) is 0 Å². The zero-order chi connectivity index (χ0) is 7.11. The average molecular weight is 244 g/mol. The van der Waals surface area contributed by atoms with E-state index < -0.39 is 0 Å². The van der Waals surface area contributed by atoms with Crippen LogP contribution >= 0.6 is 0 Å². The molecular weight excluding hydrogens is 229 g/mol. The van der Waals surface area contributed by atoms with Gasteiger partial charge in [-0.25, -0.2) is 0 Å². The summed E-state index contributed by atoms with van der Waals surface area (Å²) in [5.74, 6) is 0. The fraction of sp³-hybridized carbons (Fsp3) is 1.00. The molecule has 9 heavy (non-hydrogen) atoms. The fourth-order valence-corrected chi connectivity index (χ4v) is 1.97. The second-order valence-electron chi connectivity index (χ2n) is 1.60. The Kier molecular flexibility index (Phi) is 7.18. The molecule has 0 aliphatic carbocycles. The molecule has 0 amide bonds. The van der Waals surface area contributed by atoms with E-state index in [1.807, 2.05) is 7.05 Å². The van der Waals surface area contributed by atoms with Gasteiger partial charge in [0.2, 0.25) is 0 Å². The molecule has 0 aromatic heterocycles. The van der Waals surface area contributed by atoms with Gasteiger partial charge >= 0.3 is 67.2 Å². The van der Waals surface area contributed by atoms with Crippen LogP contribution in [0.3, 0.4) is 0 Å². The Hall–Kier alpha value is 0.610. The Morgan fingerprint density at radius 2 is 2.22 bits per heavy atom. The topological polar surface area (TPSA) is 27.3 Å². The van der Waals surface area contributed by atoms with Gasteiger partial charge in [-0.15, -0.1) is 0 Å². The second kappa shape index (κ2) is 6.73. The summed E-state index contributed by atoms with van der Waals surface area (Å²) in [7, 11) is 1.89. The van der Waals surface area contributed by atoms with Crippen LogP contribution in [0, 0.1) is 0 Å². The summed E-state index contributed by atoms with van der Waals surface area (Å²) in [5.41, 5.74) is 5.94. The molecule has 0 atom stereocenters. The Morgan fingerprint density at radius 1 is 1.56 bits per heavy atom. The van der Waals surface area contributed by atoms with Gasteiger partial charge in [-0.2, -0.15) is 0 Å². The summed E-state index contributed by atoms with van der Waals surface area (Å²) in [6.07, 6.45) is 0. The van der Waals surface area contributed by atoms with E-state index in [9.17, 15) is 0 Å². The van der Waals surface area contributed by atoms with Crippen molar-refractivity contribution >= 4 is 0 Å². The van der Waals surface area contributed by atoms with Crippen molar-refractivity contribution in [3.8, 4) is 0 Å². The number of nitrogens with one attached hydrogen (secondary N) is 2. The Morgan fingerprint density at radius 3 is 2.56 bits per heavy atom. The van der Waals surface area contributed by atoms with Crippen LogP contribution in [0.1, 0.15) is 6.92 Å². The number of alkyl halides is 2. The van der Waals surface area contributed by atoms with Crippen molar-refractivity contribution < 1.29 is 21.2 Å². The van der Waals surface area contributed by atoms with E-state index in [-0.39, 0.29) is 0 Å². The SMILES string of the molecule is CCN(C[I-]C)NNC. The van der Waals surface area contributed by atoms with Crippen molar-refractivity contribution in [2.24, 2.45) is 0 Å². The van der Waals surface area contributed by atoms with Crippen molar-refractivity contribution in [2.75, 3.05) is 23.1 Å². The first kappa shape index (κ1) is 9.61. The molecule has 4 heteroatoms. The number of hydrogen-bond donors (Lipinski definition) is 2. The minimum atomic E-state index is 0.372. The number of halogens is 1. The van der Waals surface area contributed by atoms with Gasteiger partial charge in [0.15, 0.2) is 0 Å². The van der Waals surface area contributed by atoms with Gasteiger partial charge in [-0.1, -0.05) is 0 Å². The van der Waals surface area contributed by atoms with E-state index in [1.165, 1.54) is 4.55 Å². The molecule has 0 heterocycles. The summed E-state index contributed by atoms with van der Waals surface area (Å²) >= 11 is 0.372. The molecule has 0 aliphatic heterocycles. The molecule has 0 aromatic carbocycles. The van der Waals surface area contributed by atoms with E-state index >= 15 is 0 Å². The van der Waals surface area contributed by atoms with Gasteiger partial charge in [-0.3, -0.25) is 0 Å². The molecule has 2 N–H and O–H groups in total. The van der Waals surface area contributed by atoms with Gasteiger partial charge in [0.1, 0.15) is 0 Å². The monoisotopic (exact) mass is 244 g/mol. The molecule has 58 valence electrons. The van der Waals surface area contributed by atoms with Crippen LogP contribution in [-0.2, 0) is 0 Å². The first-order valence-electron chi connectivity index (χ1n) is 2.96. The van der Waals surface area contributed by atoms with Crippen molar-refractivity contribution in [3.63, 3.8) is 0 Å². The zero-order valence-electron chi connectivity index (χ0n) is 6.24. The molecule has 0 aliphatic rings. The van der Waals surface area contributed by atoms with Crippen LogP contribution in [0.5, 0.6) is 0 Å². The maximum absolute atomic E-state index is 3.04. The maximum atomic E-state index is 3.04. The second-order valence-corrected chi connectivity index (χ2v) is 3.81. The molecule has 0 rings (SSSR count). The number of hydrogen-bond acceptors (Lipinski definition) is 3. The van der Waals surface area contributed by atoms with E-state index in [2.05, 4.69) is 27.8 Å². The molecule has 0 unspecified atom stereocenters. The van der Waals surface area contributed by atoms with E-state index in [0.29, 0.717) is 21.2 Å². The van der Waals surface area contributed by atoms with Crippen LogP contribution in [0.25, 0.3) is 0 Å². The number of hydrazine groups is 2. The Labute approximate surface area is 67.4 Å². The van der Waals surface area contributed by atoms with Crippen LogP contribution in [0.2, 0.25) is 0 Å². The molecule has 0 aromatic rings. The molecule has 0 fully saturated rings. The molecule has 0 radical (unpaired) electrons. The normalized spacial score (nSPS) is 11.1. The molecule has 0 saturated heterocycles. The first-order chi connectivity index (χ1) is 4.35. The fourth-order valence-electron chi connectivity index (χ4n) is 0.496. The van der Waals surface area contributed by atoms with Crippen molar-refractivity contribution in [3.05, 3.63) is 0 Å². The predicted octanol–water partition coefficient (Wildman–Crippen LogP) is -3.38. The van der Waals surface area contributed by atoms with Gasteiger partial charge in [0.25, 0.3) is 0 Å². The van der Waals surface area contributed by atoms with Crippen molar-refractivity contribution in [1.29, 1.82) is 0 Å². The average Bonchev–Trinajstić information content (AvgIpc) is 1.88. The third-order valence-corrected chi connectivity index (χ3v) is 2.42. The van der Waals surface area contributed by atoms with Gasteiger partial charge in [0.05, 0.1) is 0 Å². The van der Waals surface area contributed by atoms with Crippen LogP contribution in [-0.4, -0.2) is 28.1 Å². The van der Waals surface area contributed by atoms with Gasteiger partial charge in [-0.05, 0) is 0 Å². The summed E-state index contributed by atoms with van der Waals surface area (Å²) in [4.78, 5) is 2.28. The number of nitrogens with zero attached hydrogens (tertiary/aromatic N) is 1.